The molecule has 1 amide bonds. The molecule has 1 aromatic carbocycles. The van der Waals surface area contributed by atoms with Crippen LogP contribution in [0.4, 0.5) is 5.69 Å². The quantitative estimate of drug-likeness (QED) is 0.614. The molecule has 1 N–H and O–H groups in total. The van der Waals surface area contributed by atoms with E-state index in [-0.39, 0.29) is 24.4 Å². The second kappa shape index (κ2) is 3.90. The molecule has 0 aliphatic carbocycles. The fourth-order valence-corrected chi connectivity index (χ4v) is 1.47. The summed E-state index contributed by atoms with van der Waals surface area (Å²) < 4.78 is 4.83. The number of amides is 1. The highest BCUT2D eigenvalue weighted by Crippen LogP contribution is 2.23. The predicted octanol–water partition coefficient (Wildman–Crippen LogP) is 1.53. The Morgan fingerprint density at radius 1 is 1.53 bits per heavy atom. The summed E-state index contributed by atoms with van der Waals surface area (Å²) in [6.45, 7) is 0.263. The molecule has 1 aliphatic heterocycles. The lowest BCUT2D eigenvalue weighted by Crippen LogP contribution is -2.12. The van der Waals surface area contributed by atoms with Crippen LogP contribution in [0.5, 0.6) is 0 Å². The van der Waals surface area contributed by atoms with Crippen molar-refractivity contribution in [2.75, 3.05) is 11.2 Å². The molecule has 1 aromatic rings. The van der Waals surface area contributed by atoms with Crippen molar-refractivity contribution in [3.05, 3.63) is 29.3 Å². The molecule has 0 unspecified atom stereocenters. The Balaban J connectivity index is 2.23. The standard InChI is InChI=1S/C10H8ClNO3/c11-4-9(13)12-7-1-2-8-6(3-7)5-15-10(8)14/h1-3H,4-5H2,(H,12,13). The highest BCUT2D eigenvalue weighted by Gasteiger charge is 2.20. The molecule has 0 saturated carbocycles. The highest BCUT2D eigenvalue weighted by atomic mass is 35.5. The lowest BCUT2D eigenvalue weighted by Gasteiger charge is -2.03. The summed E-state index contributed by atoms with van der Waals surface area (Å²) in [5.41, 5.74) is 1.96. The van der Waals surface area contributed by atoms with Gasteiger partial charge in [-0.2, -0.15) is 0 Å². The van der Waals surface area contributed by atoms with Crippen LogP contribution < -0.4 is 5.32 Å². The average Bonchev–Trinajstić information content (AvgIpc) is 2.60. The molecule has 0 bridgehead atoms. The topological polar surface area (TPSA) is 55.4 Å². The van der Waals surface area contributed by atoms with E-state index >= 15 is 0 Å². The Hall–Kier alpha value is -1.55. The van der Waals surface area contributed by atoms with Crippen molar-refractivity contribution in [1.29, 1.82) is 0 Å². The third kappa shape index (κ3) is 1.94. The minimum Gasteiger partial charge on any atom is -0.457 e. The van der Waals surface area contributed by atoms with E-state index < -0.39 is 0 Å². The molecule has 0 radical (unpaired) electrons. The number of ether oxygens (including phenoxy) is 1. The van der Waals surface area contributed by atoms with Gasteiger partial charge in [-0.15, -0.1) is 11.6 Å². The molecule has 0 saturated heterocycles. The molecule has 15 heavy (non-hydrogen) atoms. The van der Waals surface area contributed by atoms with Crippen molar-refractivity contribution in [1.82, 2.24) is 0 Å². The number of benzene rings is 1. The third-order valence-corrected chi connectivity index (χ3v) is 2.33. The lowest BCUT2D eigenvalue weighted by atomic mass is 10.1. The second-order valence-corrected chi connectivity index (χ2v) is 3.40. The summed E-state index contributed by atoms with van der Waals surface area (Å²) in [7, 11) is 0. The zero-order chi connectivity index (χ0) is 10.8. The largest absolute Gasteiger partial charge is 0.457 e. The van der Waals surface area contributed by atoms with E-state index in [1.807, 2.05) is 0 Å². The van der Waals surface area contributed by atoms with Crippen LogP contribution in [0.15, 0.2) is 18.2 Å². The lowest BCUT2D eigenvalue weighted by molar-refractivity contribution is -0.113. The van der Waals surface area contributed by atoms with Gasteiger partial charge in [-0.25, -0.2) is 4.79 Å². The van der Waals surface area contributed by atoms with Crippen LogP contribution in [0.1, 0.15) is 15.9 Å². The molecular formula is C10H8ClNO3. The Morgan fingerprint density at radius 2 is 2.33 bits per heavy atom. The van der Waals surface area contributed by atoms with Gasteiger partial charge in [0.15, 0.2) is 0 Å². The van der Waals surface area contributed by atoms with Crippen LogP contribution in [0.25, 0.3) is 0 Å². The molecule has 1 heterocycles. The van der Waals surface area contributed by atoms with Crippen molar-refractivity contribution in [2.45, 2.75) is 6.61 Å². The molecule has 2 rings (SSSR count). The number of hydrogen-bond acceptors (Lipinski definition) is 3. The van der Waals surface area contributed by atoms with Gasteiger partial charge in [0.05, 0.1) is 5.56 Å². The number of hydrogen-bond donors (Lipinski definition) is 1. The number of carbonyl (C=O) groups is 2. The van der Waals surface area contributed by atoms with Crippen molar-refractivity contribution in [2.24, 2.45) is 0 Å². The number of alkyl halides is 1. The molecule has 5 heteroatoms. The average molecular weight is 226 g/mol. The summed E-state index contributed by atoms with van der Waals surface area (Å²) in [6.07, 6.45) is 0. The zero-order valence-electron chi connectivity index (χ0n) is 7.75. The Morgan fingerprint density at radius 3 is 3.07 bits per heavy atom. The van der Waals surface area contributed by atoms with E-state index in [2.05, 4.69) is 5.32 Å². The van der Waals surface area contributed by atoms with Gasteiger partial charge in [0.25, 0.3) is 0 Å². The number of anilines is 1. The molecule has 1 aliphatic rings. The first-order chi connectivity index (χ1) is 7.20. The van der Waals surface area contributed by atoms with Gasteiger partial charge in [0.1, 0.15) is 12.5 Å². The van der Waals surface area contributed by atoms with Crippen LogP contribution in [-0.4, -0.2) is 17.8 Å². The number of carbonyl (C=O) groups excluding carboxylic acids is 2. The monoisotopic (exact) mass is 225 g/mol. The van der Waals surface area contributed by atoms with E-state index in [0.717, 1.165) is 5.56 Å². The number of halogens is 1. The van der Waals surface area contributed by atoms with Gasteiger partial charge in [-0.1, -0.05) is 0 Å². The molecule has 4 nitrogen and oxygen atoms in total. The third-order valence-electron chi connectivity index (χ3n) is 2.09. The molecule has 0 atom stereocenters. The molecule has 78 valence electrons. The maximum absolute atomic E-state index is 11.1. The van der Waals surface area contributed by atoms with E-state index in [9.17, 15) is 9.59 Å². The van der Waals surface area contributed by atoms with Crippen molar-refractivity contribution in [3.63, 3.8) is 0 Å². The fourth-order valence-electron chi connectivity index (χ4n) is 1.41. The van der Waals surface area contributed by atoms with Crippen LogP contribution in [0, 0.1) is 0 Å². The van der Waals surface area contributed by atoms with Gasteiger partial charge in [0, 0.05) is 11.3 Å². The van der Waals surface area contributed by atoms with Gasteiger partial charge in [0.2, 0.25) is 5.91 Å². The normalized spacial score (nSPS) is 13.3. The zero-order valence-corrected chi connectivity index (χ0v) is 8.50. The van der Waals surface area contributed by atoms with Crippen LogP contribution in [-0.2, 0) is 16.1 Å². The van der Waals surface area contributed by atoms with Crippen LogP contribution in [0.3, 0.4) is 0 Å². The number of cyclic esters (lactones) is 1. The summed E-state index contributed by atoms with van der Waals surface area (Å²) >= 11 is 5.35. The first kappa shape index (κ1) is 9.98. The number of fused-ring (bicyclic) bond motifs is 1. The Kier molecular flexibility index (Phi) is 2.60. The second-order valence-electron chi connectivity index (χ2n) is 3.13. The molecule has 0 fully saturated rings. The van der Waals surface area contributed by atoms with Crippen molar-refractivity contribution < 1.29 is 14.3 Å². The number of rotatable bonds is 2. The highest BCUT2D eigenvalue weighted by molar-refractivity contribution is 6.29. The fraction of sp³-hybridized carbons (Fsp3) is 0.200. The van der Waals surface area contributed by atoms with Gasteiger partial charge < -0.3 is 10.1 Å². The van der Waals surface area contributed by atoms with E-state index in [1.165, 1.54) is 0 Å². The first-order valence-electron chi connectivity index (χ1n) is 4.36. The van der Waals surface area contributed by atoms with Crippen LogP contribution >= 0.6 is 11.6 Å². The Bertz CT molecular complexity index is 431. The maximum atomic E-state index is 11.1. The van der Waals surface area contributed by atoms with Crippen molar-refractivity contribution >= 4 is 29.2 Å². The van der Waals surface area contributed by atoms with E-state index in [1.54, 1.807) is 18.2 Å². The summed E-state index contributed by atoms with van der Waals surface area (Å²) in [6, 6.07) is 5.00. The first-order valence-corrected chi connectivity index (χ1v) is 4.90. The van der Waals surface area contributed by atoms with Crippen molar-refractivity contribution in [3.8, 4) is 0 Å². The number of nitrogens with one attached hydrogen (secondary N) is 1. The smallest absolute Gasteiger partial charge is 0.338 e. The van der Waals surface area contributed by atoms with E-state index in [4.69, 9.17) is 16.3 Å². The molecular weight excluding hydrogens is 218 g/mol. The summed E-state index contributed by atoms with van der Waals surface area (Å²) in [5, 5.41) is 2.60. The maximum Gasteiger partial charge on any atom is 0.338 e. The molecule has 0 aromatic heterocycles. The van der Waals surface area contributed by atoms with E-state index in [0.29, 0.717) is 11.3 Å². The summed E-state index contributed by atoms with van der Waals surface area (Å²) in [5.74, 6) is -0.686. The van der Waals surface area contributed by atoms with Gasteiger partial charge >= 0.3 is 5.97 Å². The van der Waals surface area contributed by atoms with Crippen LogP contribution in [0.2, 0.25) is 0 Å². The minimum absolute atomic E-state index is 0.0908. The minimum atomic E-state index is -0.319. The van der Waals surface area contributed by atoms with Gasteiger partial charge in [-0.3, -0.25) is 4.79 Å². The molecule has 0 spiro atoms. The Labute approximate surface area is 91.2 Å². The number of esters is 1. The van der Waals surface area contributed by atoms with Gasteiger partial charge in [-0.05, 0) is 18.2 Å². The summed E-state index contributed by atoms with van der Waals surface area (Å²) in [4.78, 5) is 22.1. The SMILES string of the molecule is O=C(CCl)Nc1ccc2c(c1)COC2=O. The predicted molar refractivity (Wildman–Crippen MR) is 54.9 cm³/mol.